The van der Waals surface area contributed by atoms with Gasteiger partial charge in [0, 0.05) is 12.1 Å². The van der Waals surface area contributed by atoms with Gasteiger partial charge in [-0.15, -0.1) is 0 Å². The van der Waals surface area contributed by atoms with Crippen LogP contribution >= 0.6 is 0 Å². The molecule has 3 heterocycles. The summed E-state index contributed by atoms with van der Waals surface area (Å²) in [7, 11) is 0. The van der Waals surface area contributed by atoms with Crippen molar-refractivity contribution in [2.24, 2.45) is 0 Å². The number of aromatic nitrogens is 2. The highest BCUT2D eigenvalue weighted by atomic mass is 16.6. The van der Waals surface area contributed by atoms with Gasteiger partial charge in [-0.1, -0.05) is 18.2 Å². The summed E-state index contributed by atoms with van der Waals surface area (Å²) in [5, 5.41) is 9.46. The molecule has 1 N–H and O–H groups in total. The summed E-state index contributed by atoms with van der Waals surface area (Å²) in [6.45, 7) is 4.46. The van der Waals surface area contributed by atoms with Crippen molar-refractivity contribution >= 4 is 0 Å². The second-order valence-corrected chi connectivity index (χ2v) is 7.77. The summed E-state index contributed by atoms with van der Waals surface area (Å²) >= 11 is 0. The van der Waals surface area contributed by atoms with E-state index in [0.29, 0.717) is 38.7 Å². The Hall–Kier alpha value is -2.22. The number of benzene rings is 1. The van der Waals surface area contributed by atoms with E-state index in [-0.39, 0.29) is 17.9 Å². The molecule has 156 valence electrons. The summed E-state index contributed by atoms with van der Waals surface area (Å²) < 4.78 is 18.8. The number of fused-ring (bicyclic) bond motifs is 3. The largest absolute Gasteiger partial charge is 0.487 e. The molecule has 0 aliphatic carbocycles. The Morgan fingerprint density at radius 1 is 1.38 bits per heavy atom. The molecule has 0 spiro atoms. The highest BCUT2D eigenvalue weighted by Gasteiger charge is 2.23. The van der Waals surface area contributed by atoms with Crippen molar-refractivity contribution in [3.8, 4) is 17.0 Å². The Bertz CT molecular complexity index is 903. The van der Waals surface area contributed by atoms with Crippen molar-refractivity contribution in [3.05, 3.63) is 46.0 Å². The van der Waals surface area contributed by atoms with E-state index in [0.717, 1.165) is 36.9 Å². The van der Waals surface area contributed by atoms with E-state index in [1.165, 1.54) is 17.3 Å². The van der Waals surface area contributed by atoms with Gasteiger partial charge in [-0.3, -0.25) is 4.57 Å². The molecule has 29 heavy (non-hydrogen) atoms. The van der Waals surface area contributed by atoms with Crippen LogP contribution in [0.5, 0.6) is 5.75 Å². The third-order valence-corrected chi connectivity index (χ3v) is 5.45. The minimum absolute atomic E-state index is 0.115. The molecule has 0 amide bonds. The lowest BCUT2D eigenvalue weighted by Crippen LogP contribution is -2.34. The predicted octanol–water partition coefficient (Wildman–Crippen LogP) is 1.96. The summed E-state index contributed by atoms with van der Waals surface area (Å²) in [4.78, 5) is 16.3. The molecule has 2 aromatic rings. The fourth-order valence-electron chi connectivity index (χ4n) is 3.95. The number of nitrogens with zero attached hydrogens (tertiary/aromatic N) is 2. The monoisotopic (exact) mass is 400 g/mol. The second-order valence-electron chi connectivity index (χ2n) is 7.77. The van der Waals surface area contributed by atoms with E-state index >= 15 is 0 Å². The van der Waals surface area contributed by atoms with Gasteiger partial charge < -0.3 is 19.3 Å². The molecule has 2 atom stereocenters. The van der Waals surface area contributed by atoms with Gasteiger partial charge in [0.1, 0.15) is 12.7 Å². The first-order chi connectivity index (χ1) is 14.1. The fourth-order valence-corrected chi connectivity index (χ4v) is 3.95. The van der Waals surface area contributed by atoms with Crippen molar-refractivity contribution in [1.29, 1.82) is 0 Å². The molecule has 0 saturated carbocycles. The number of ether oxygens (including phenoxy) is 3. The average molecular weight is 400 g/mol. The van der Waals surface area contributed by atoms with E-state index in [2.05, 4.69) is 23.2 Å². The van der Waals surface area contributed by atoms with E-state index in [1.807, 2.05) is 6.92 Å². The molecule has 1 unspecified atom stereocenters. The lowest BCUT2D eigenvalue weighted by Gasteiger charge is -2.26. The van der Waals surface area contributed by atoms with Gasteiger partial charge in [0.2, 0.25) is 0 Å². The van der Waals surface area contributed by atoms with Crippen LogP contribution in [-0.4, -0.2) is 53.3 Å². The minimum atomic E-state index is -0.267. The first kappa shape index (κ1) is 20.1. The van der Waals surface area contributed by atoms with Crippen LogP contribution < -0.4 is 10.4 Å². The van der Waals surface area contributed by atoms with E-state index in [9.17, 15) is 9.90 Å². The van der Waals surface area contributed by atoms with Gasteiger partial charge in [0.25, 0.3) is 0 Å². The number of aryl methyl sites for hydroxylation is 2. The van der Waals surface area contributed by atoms with Crippen molar-refractivity contribution in [3.63, 3.8) is 0 Å². The van der Waals surface area contributed by atoms with Crippen molar-refractivity contribution in [2.45, 2.75) is 51.4 Å². The summed E-state index contributed by atoms with van der Waals surface area (Å²) in [5.41, 5.74) is 4.03. The third-order valence-electron chi connectivity index (χ3n) is 5.45. The zero-order chi connectivity index (χ0) is 20.2. The van der Waals surface area contributed by atoms with Crippen LogP contribution in [0.25, 0.3) is 11.3 Å². The maximum atomic E-state index is 12.3. The quantitative estimate of drug-likeness (QED) is 0.765. The SMILES string of the molecule is CC(O)CCCc1ccc2c(c1)CCn1c-2c(OC[C@@H]2COCCO2)cnc1=O. The first-order valence-corrected chi connectivity index (χ1v) is 10.3. The number of hydrogen-bond acceptors (Lipinski definition) is 6. The Labute approximate surface area is 170 Å². The Kier molecular flexibility index (Phi) is 6.28. The second kappa shape index (κ2) is 9.07. The van der Waals surface area contributed by atoms with Gasteiger partial charge in [0.05, 0.1) is 37.8 Å². The van der Waals surface area contributed by atoms with Gasteiger partial charge in [-0.25, -0.2) is 4.79 Å². The lowest BCUT2D eigenvalue weighted by atomic mass is 9.93. The highest BCUT2D eigenvalue weighted by molar-refractivity contribution is 5.71. The minimum Gasteiger partial charge on any atom is -0.487 e. The molecule has 1 fully saturated rings. The molecule has 7 nitrogen and oxygen atoms in total. The molecular weight excluding hydrogens is 372 g/mol. The van der Waals surface area contributed by atoms with E-state index < -0.39 is 0 Å². The number of hydrogen-bond donors (Lipinski definition) is 1. The van der Waals surface area contributed by atoms with Gasteiger partial charge >= 0.3 is 5.69 Å². The van der Waals surface area contributed by atoms with Crippen LogP contribution in [0.4, 0.5) is 0 Å². The molecule has 1 saturated heterocycles. The number of aliphatic hydroxyl groups is 1. The molecular formula is C22H28N2O5. The molecule has 2 aliphatic rings. The van der Waals surface area contributed by atoms with Gasteiger partial charge in [-0.2, -0.15) is 4.98 Å². The number of aliphatic hydroxyl groups excluding tert-OH is 1. The lowest BCUT2D eigenvalue weighted by molar-refractivity contribution is -0.101. The van der Waals surface area contributed by atoms with Crippen molar-refractivity contribution < 1.29 is 19.3 Å². The third kappa shape index (κ3) is 4.69. The summed E-state index contributed by atoms with van der Waals surface area (Å²) in [5.74, 6) is 0.599. The predicted molar refractivity (Wildman–Crippen MR) is 108 cm³/mol. The molecule has 0 radical (unpaired) electrons. The molecule has 1 aromatic heterocycles. The summed E-state index contributed by atoms with van der Waals surface area (Å²) in [6, 6.07) is 6.39. The Morgan fingerprint density at radius 3 is 3.07 bits per heavy atom. The molecule has 1 aromatic carbocycles. The average Bonchev–Trinajstić information content (AvgIpc) is 2.73. The molecule has 7 heteroatoms. The highest BCUT2D eigenvalue weighted by Crippen LogP contribution is 2.35. The zero-order valence-electron chi connectivity index (χ0n) is 16.8. The van der Waals surface area contributed by atoms with Crippen molar-refractivity contribution in [1.82, 2.24) is 9.55 Å². The Balaban J connectivity index is 1.57. The molecule has 2 aliphatic heterocycles. The normalized spacial score (nSPS) is 19.3. The van der Waals surface area contributed by atoms with Gasteiger partial charge in [-0.05, 0) is 43.7 Å². The van der Waals surface area contributed by atoms with E-state index in [4.69, 9.17) is 14.2 Å². The first-order valence-electron chi connectivity index (χ1n) is 10.3. The molecule has 0 bridgehead atoms. The molecule has 4 rings (SSSR count). The van der Waals surface area contributed by atoms with Crippen LogP contribution in [0.3, 0.4) is 0 Å². The Morgan fingerprint density at radius 2 is 2.28 bits per heavy atom. The zero-order valence-corrected chi connectivity index (χ0v) is 16.8. The van der Waals surface area contributed by atoms with Gasteiger partial charge in [0.15, 0.2) is 5.75 Å². The fraction of sp³-hybridized carbons (Fsp3) is 0.545. The number of rotatable bonds is 7. The van der Waals surface area contributed by atoms with Crippen molar-refractivity contribution in [2.75, 3.05) is 26.4 Å². The topological polar surface area (TPSA) is 82.8 Å². The maximum Gasteiger partial charge on any atom is 0.348 e. The maximum absolute atomic E-state index is 12.3. The van der Waals surface area contributed by atoms with E-state index in [1.54, 1.807) is 4.57 Å². The summed E-state index contributed by atoms with van der Waals surface area (Å²) in [6.07, 6.45) is 4.61. The van der Waals surface area contributed by atoms with Crippen LogP contribution in [0, 0.1) is 0 Å². The van der Waals surface area contributed by atoms with Crippen LogP contribution in [0.1, 0.15) is 30.9 Å². The standard InChI is InChI=1S/C22H28N2O5/c1-15(25)3-2-4-16-5-6-19-17(11-16)7-8-24-21(19)20(12-23-22(24)26)29-14-18-13-27-9-10-28-18/h5-6,11-12,15,18,25H,2-4,7-10,13-14H2,1H3/t15?,18-/m0/s1. The van der Waals surface area contributed by atoms with Crippen LogP contribution in [0.15, 0.2) is 29.2 Å². The smallest absolute Gasteiger partial charge is 0.348 e. The van der Waals surface area contributed by atoms with Crippen LogP contribution in [0.2, 0.25) is 0 Å². The van der Waals surface area contributed by atoms with Crippen LogP contribution in [-0.2, 0) is 28.9 Å².